The summed E-state index contributed by atoms with van der Waals surface area (Å²) in [5.74, 6) is -0.299. The fraction of sp³-hybridized carbons (Fsp3) is 0.257. The van der Waals surface area contributed by atoms with Crippen molar-refractivity contribution in [2.75, 3.05) is 32.8 Å². The average Bonchev–Trinajstić information content (AvgIpc) is 3.51. The average molecular weight is 627 g/mol. The first kappa shape index (κ1) is 33.1. The summed E-state index contributed by atoms with van der Waals surface area (Å²) in [6, 6.07) is 30.2. The molecule has 3 aromatic carbocycles. The maximum Gasteiger partial charge on any atom is 0.412 e. The molecule has 1 heterocycles. The zero-order valence-electron chi connectivity index (χ0n) is 25.0. The number of benzene rings is 3. The van der Waals surface area contributed by atoms with Gasteiger partial charge in [-0.05, 0) is 23.1 Å². The van der Waals surface area contributed by atoms with Crippen molar-refractivity contribution in [1.82, 2.24) is 15.5 Å². The third-order valence-electron chi connectivity index (χ3n) is 7.16. The van der Waals surface area contributed by atoms with Crippen LogP contribution in [0, 0.1) is 0 Å². The van der Waals surface area contributed by atoms with Crippen molar-refractivity contribution in [2.24, 2.45) is 4.99 Å². The zero-order chi connectivity index (χ0) is 31.9. The van der Waals surface area contributed by atoms with Gasteiger partial charge in [-0.2, -0.15) is 0 Å². The second kappa shape index (κ2) is 16.9. The van der Waals surface area contributed by atoms with Crippen LogP contribution in [0.25, 0.3) is 0 Å². The summed E-state index contributed by atoms with van der Waals surface area (Å²) in [7, 11) is 0. The van der Waals surface area contributed by atoms with Crippen LogP contribution in [0.3, 0.4) is 0 Å². The largest absolute Gasteiger partial charge is 0.445 e. The number of hydrogen-bond acceptors (Lipinski definition) is 7. The zero-order valence-corrected chi connectivity index (χ0v) is 25.9. The molecule has 0 unspecified atom stereocenters. The molecular formula is C35H38N4O5S. The van der Waals surface area contributed by atoms with E-state index in [0.29, 0.717) is 13.0 Å². The van der Waals surface area contributed by atoms with Crippen LogP contribution >= 0.6 is 11.8 Å². The molecule has 3 aromatic rings. The highest BCUT2D eigenvalue weighted by molar-refractivity contribution is 8.01. The Kier molecular flexibility index (Phi) is 12.4. The molecule has 4 rings (SSSR count). The molecular weight excluding hydrogens is 588 g/mol. The molecule has 1 saturated heterocycles. The third kappa shape index (κ3) is 8.63. The molecule has 0 saturated carbocycles. The van der Waals surface area contributed by atoms with Crippen molar-refractivity contribution >= 4 is 36.2 Å². The maximum atomic E-state index is 13.5. The van der Waals surface area contributed by atoms with E-state index in [4.69, 9.17) is 9.47 Å². The number of alkyl carbamates (subject to hydrolysis) is 1. The lowest BCUT2D eigenvalue weighted by atomic mass is 9.84. The standard InChI is InChI=1S/C35H38N4O5S/c1-3-22-43-33(41)38-26-36-20-21-37-32(40)31-24-30(25-39(31)34(42)44-23-4-2)45-35(27-14-8-5-9-15-27,28-16-10-6-11-17-28)29-18-12-7-13-19-29/h3-19,26,30-31H,1-2,20-25H2,(H,37,40)(H,36,38,41)/t30-,31-/m0/s1. The number of thioether (sulfide) groups is 1. The second-order valence-electron chi connectivity index (χ2n) is 10.1. The second-order valence-corrected chi connectivity index (χ2v) is 11.7. The number of carbonyl (C=O) groups excluding carboxylic acids is 3. The van der Waals surface area contributed by atoms with Gasteiger partial charge in [0.2, 0.25) is 5.91 Å². The fourth-order valence-electron chi connectivity index (χ4n) is 5.22. The molecule has 1 aliphatic rings. The van der Waals surface area contributed by atoms with Gasteiger partial charge in [-0.3, -0.25) is 20.0 Å². The van der Waals surface area contributed by atoms with Crippen LogP contribution in [-0.4, -0.2) is 73.5 Å². The summed E-state index contributed by atoms with van der Waals surface area (Å²) in [6.07, 6.45) is 3.38. The van der Waals surface area contributed by atoms with Crippen LogP contribution in [0.1, 0.15) is 23.1 Å². The number of nitrogens with zero attached hydrogens (tertiary/aromatic N) is 2. The van der Waals surface area contributed by atoms with Crippen LogP contribution in [0.15, 0.2) is 121 Å². The summed E-state index contributed by atoms with van der Waals surface area (Å²) in [4.78, 5) is 43.7. The van der Waals surface area contributed by atoms with Gasteiger partial charge in [-0.25, -0.2) is 9.59 Å². The molecule has 9 nitrogen and oxygen atoms in total. The number of hydrogen-bond donors (Lipinski definition) is 2. The van der Waals surface area contributed by atoms with Crippen molar-refractivity contribution in [3.05, 3.63) is 133 Å². The molecule has 0 aliphatic carbocycles. The van der Waals surface area contributed by atoms with E-state index in [0.717, 1.165) is 16.7 Å². The molecule has 10 heteroatoms. The minimum Gasteiger partial charge on any atom is -0.445 e. The van der Waals surface area contributed by atoms with E-state index < -0.39 is 23.0 Å². The number of ether oxygens (including phenoxy) is 2. The highest BCUT2D eigenvalue weighted by Crippen LogP contribution is 2.52. The Balaban J connectivity index is 1.56. The van der Waals surface area contributed by atoms with Gasteiger partial charge in [0.25, 0.3) is 0 Å². The van der Waals surface area contributed by atoms with Gasteiger partial charge in [0.05, 0.1) is 17.6 Å². The van der Waals surface area contributed by atoms with E-state index in [2.05, 4.69) is 65.2 Å². The van der Waals surface area contributed by atoms with Crippen LogP contribution < -0.4 is 10.6 Å². The summed E-state index contributed by atoms with van der Waals surface area (Å²) in [6.45, 7) is 8.00. The van der Waals surface area contributed by atoms with Crippen molar-refractivity contribution in [3.8, 4) is 0 Å². The minimum absolute atomic E-state index is 0.0421. The van der Waals surface area contributed by atoms with E-state index >= 15 is 0 Å². The Bertz CT molecular complexity index is 1360. The van der Waals surface area contributed by atoms with Crippen molar-refractivity contribution in [3.63, 3.8) is 0 Å². The molecule has 0 bridgehead atoms. The lowest BCUT2D eigenvalue weighted by Gasteiger charge is -2.37. The van der Waals surface area contributed by atoms with E-state index in [9.17, 15) is 14.4 Å². The van der Waals surface area contributed by atoms with Crippen molar-refractivity contribution < 1.29 is 23.9 Å². The van der Waals surface area contributed by atoms with E-state index in [1.807, 2.05) is 54.6 Å². The first-order valence-corrected chi connectivity index (χ1v) is 15.6. The fourth-order valence-corrected chi connectivity index (χ4v) is 7.05. The molecule has 45 heavy (non-hydrogen) atoms. The topological polar surface area (TPSA) is 109 Å². The predicted octanol–water partition coefficient (Wildman–Crippen LogP) is 5.53. The Morgan fingerprint density at radius 2 is 1.40 bits per heavy atom. The molecule has 0 spiro atoms. The molecule has 3 amide bonds. The lowest BCUT2D eigenvalue weighted by molar-refractivity contribution is -0.125. The van der Waals surface area contributed by atoms with E-state index in [1.54, 1.807) is 11.8 Å². The van der Waals surface area contributed by atoms with Crippen molar-refractivity contribution in [2.45, 2.75) is 22.5 Å². The number of amides is 3. The summed E-state index contributed by atoms with van der Waals surface area (Å²) in [5, 5.41) is 5.14. The van der Waals surface area contributed by atoms with Gasteiger partial charge in [0, 0.05) is 18.3 Å². The Hall–Kier alpha value is -4.83. The summed E-state index contributed by atoms with van der Waals surface area (Å²) in [5.41, 5.74) is 3.29. The minimum atomic E-state index is -0.740. The van der Waals surface area contributed by atoms with Gasteiger partial charge in [0.1, 0.15) is 19.3 Å². The molecule has 0 radical (unpaired) electrons. The normalized spacial score (nSPS) is 16.1. The number of likely N-dealkylation sites (tertiary alicyclic amines) is 1. The van der Waals surface area contributed by atoms with Gasteiger partial charge in [-0.1, -0.05) is 116 Å². The van der Waals surface area contributed by atoms with Gasteiger partial charge in [-0.15, -0.1) is 11.8 Å². The Morgan fingerprint density at radius 1 is 0.867 bits per heavy atom. The van der Waals surface area contributed by atoms with Crippen LogP contribution in [0.5, 0.6) is 0 Å². The quantitative estimate of drug-likeness (QED) is 0.0801. The summed E-state index contributed by atoms with van der Waals surface area (Å²) < 4.78 is 9.60. The van der Waals surface area contributed by atoms with Crippen molar-refractivity contribution in [1.29, 1.82) is 0 Å². The smallest absolute Gasteiger partial charge is 0.412 e. The van der Waals surface area contributed by atoms with E-state index in [-0.39, 0.29) is 37.5 Å². The lowest BCUT2D eigenvalue weighted by Crippen LogP contribution is -2.46. The molecule has 1 aliphatic heterocycles. The first-order valence-electron chi connectivity index (χ1n) is 14.7. The van der Waals surface area contributed by atoms with Gasteiger partial charge >= 0.3 is 12.2 Å². The van der Waals surface area contributed by atoms with Gasteiger partial charge < -0.3 is 14.8 Å². The highest BCUT2D eigenvalue weighted by Gasteiger charge is 2.46. The monoisotopic (exact) mass is 626 g/mol. The van der Waals surface area contributed by atoms with Crippen LogP contribution in [0.2, 0.25) is 0 Å². The molecule has 2 N–H and O–H groups in total. The highest BCUT2D eigenvalue weighted by atomic mass is 32.2. The number of carbonyl (C=O) groups is 3. The molecule has 2 atom stereocenters. The first-order chi connectivity index (χ1) is 22.0. The Morgan fingerprint density at radius 3 is 1.93 bits per heavy atom. The Labute approximate surface area is 268 Å². The summed E-state index contributed by atoms with van der Waals surface area (Å²) >= 11 is 1.74. The van der Waals surface area contributed by atoms with E-state index in [1.165, 1.54) is 23.4 Å². The number of aliphatic imine (C=N–C) groups is 1. The van der Waals surface area contributed by atoms with Crippen LogP contribution in [0.4, 0.5) is 9.59 Å². The van der Waals surface area contributed by atoms with Crippen LogP contribution in [-0.2, 0) is 19.0 Å². The maximum absolute atomic E-state index is 13.5. The molecule has 0 aromatic heterocycles. The predicted molar refractivity (Wildman–Crippen MR) is 178 cm³/mol. The SMILES string of the molecule is C=CCOC(=O)NC=NCCNC(=O)[C@@H]1C[C@H](SC(c2ccccc2)(c2ccccc2)c2ccccc2)CN1C(=O)OCC=C. The molecule has 234 valence electrons. The number of rotatable bonds is 14. The third-order valence-corrected chi connectivity index (χ3v) is 8.89. The van der Waals surface area contributed by atoms with Gasteiger partial charge in [0.15, 0.2) is 0 Å². The molecule has 1 fully saturated rings. The number of nitrogens with one attached hydrogen (secondary N) is 2.